The number of nitrogens with zero attached hydrogens (tertiary/aromatic N) is 5. The number of rotatable bonds is 7. The van der Waals surface area contributed by atoms with Crippen LogP contribution < -0.4 is 15.0 Å². The summed E-state index contributed by atoms with van der Waals surface area (Å²) in [6.07, 6.45) is 5.99. The van der Waals surface area contributed by atoms with Crippen LogP contribution in [0.2, 0.25) is 0 Å². The Balaban J connectivity index is 0.987. The number of H-pyrrole nitrogens is 1. The van der Waals surface area contributed by atoms with E-state index in [9.17, 15) is 0 Å². The fourth-order valence-electron chi connectivity index (χ4n) is 5.04. The van der Waals surface area contributed by atoms with E-state index in [1.165, 1.54) is 12.8 Å². The van der Waals surface area contributed by atoms with Crippen LogP contribution in [0.3, 0.4) is 0 Å². The molecule has 5 heterocycles. The van der Waals surface area contributed by atoms with E-state index in [4.69, 9.17) is 9.26 Å². The Morgan fingerprint density at radius 3 is 2.94 bits per heavy atom. The Morgan fingerprint density at radius 2 is 2.06 bits per heavy atom. The Morgan fingerprint density at radius 1 is 1.09 bits per heavy atom. The number of anilines is 2. The van der Waals surface area contributed by atoms with Crippen molar-refractivity contribution in [2.45, 2.75) is 25.4 Å². The van der Waals surface area contributed by atoms with Crippen LogP contribution in [-0.2, 0) is 6.54 Å². The molecule has 3 aromatic heterocycles. The predicted octanol–water partition coefficient (Wildman–Crippen LogP) is 3.54. The molecule has 4 aromatic rings. The third-order valence-electron chi connectivity index (χ3n) is 6.90. The summed E-state index contributed by atoms with van der Waals surface area (Å²) in [5, 5.41) is 15.6. The summed E-state index contributed by atoms with van der Waals surface area (Å²) in [6.45, 7) is 5.47. The van der Waals surface area contributed by atoms with E-state index in [1.54, 1.807) is 6.20 Å². The number of hydrogen-bond donors (Lipinski definition) is 2. The topological polar surface area (TPSA) is 95.3 Å². The highest BCUT2D eigenvalue weighted by molar-refractivity contribution is 5.88. The lowest BCUT2D eigenvalue weighted by atomic mass is 9.91. The third kappa shape index (κ3) is 4.43. The smallest absolute Gasteiger partial charge is 0.213 e. The molecule has 2 N–H and O–H groups in total. The van der Waals surface area contributed by atoms with Crippen LogP contribution >= 0.6 is 0 Å². The lowest BCUT2D eigenvalue weighted by Gasteiger charge is -2.46. The highest BCUT2D eigenvalue weighted by atomic mass is 16.5. The second kappa shape index (κ2) is 9.34. The van der Waals surface area contributed by atoms with Gasteiger partial charge in [-0.3, -0.25) is 10.00 Å². The number of piperazine rings is 1. The number of aromatic amines is 1. The highest BCUT2D eigenvalue weighted by Gasteiger charge is 2.34. The minimum Gasteiger partial charge on any atom is -0.477 e. The summed E-state index contributed by atoms with van der Waals surface area (Å²) in [7, 11) is 0. The van der Waals surface area contributed by atoms with E-state index in [1.807, 2.05) is 42.6 Å². The molecule has 9 heteroatoms. The Bertz CT molecular complexity index is 1210. The first kappa shape index (κ1) is 21.0. The quantitative estimate of drug-likeness (QED) is 0.433. The van der Waals surface area contributed by atoms with Crippen LogP contribution in [0.1, 0.15) is 18.4 Å². The summed E-state index contributed by atoms with van der Waals surface area (Å²) in [5.41, 5.74) is 1.95. The number of fused-ring (bicyclic) bond motifs is 2. The van der Waals surface area contributed by atoms with Gasteiger partial charge in [0.15, 0.2) is 11.4 Å². The van der Waals surface area contributed by atoms with Gasteiger partial charge in [-0.2, -0.15) is 5.10 Å². The number of aromatic nitrogens is 4. The minimum atomic E-state index is 0.526. The van der Waals surface area contributed by atoms with E-state index < -0.39 is 0 Å². The maximum Gasteiger partial charge on any atom is 0.213 e. The van der Waals surface area contributed by atoms with Gasteiger partial charge in [0.05, 0.1) is 12.0 Å². The third-order valence-corrected chi connectivity index (χ3v) is 6.90. The van der Waals surface area contributed by atoms with Gasteiger partial charge >= 0.3 is 0 Å². The molecule has 0 bridgehead atoms. The molecule has 2 atom stereocenters. The molecule has 0 radical (unpaired) electrons. The molecule has 0 saturated carbocycles. The minimum absolute atomic E-state index is 0.526. The number of hydrogen-bond acceptors (Lipinski definition) is 8. The molecule has 2 fully saturated rings. The molecule has 2 unspecified atom stereocenters. The van der Waals surface area contributed by atoms with Crippen molar-refractivity contribution >= 4 is 22.6 Å². The first-order chi connectivity index (χ1) is 16.8. The molecule has 176 valence electrons. The van der Waals surface area contributed by atoms with Crippen molar-refractivity contribution in [3.63, 3.8) is 0 Å². The first-order valence-corrected chi connectivity index (χ1v) is 12.0. The molecule has 9 nitrogen and oxygen atoms in total. The van der Waals surface area contributed by atoms with Crippen molar-refractivity contribution in [3.8, 4) is 5.88 Å². The number of pyridine rings is 1. The van der Waals surface area contributed by atoms with Crippen molar-refractivity contribution in [2.24, 2.45) is 5.92 Å². The second-order valence-electron chi connectivity index (χ2n) is 9.17. The predicted molar refractivity (Wildman–Crippen MR) is 130 cm³/mol. The van der Waals surface area contributed by atoms with E-state index in [0.717, 1.165) is 54.3 Å². The molecule has 0 spiro atoms. The van der Waals surface area contributed by atoms with Gasteiger partial charge in [0.1, 0.15) is 5.82 Å². The number of benzene rings is 1. The Kier molecular flexibility index (Phi) is 5.76. The Hall–Kier alpha value is -3.59. The summed E-state index contributed by atoms with van der Waals surface area (Å²) in [4.78, 5) is 9.49. The average molecular weight is 460 g/mol. The normalized spacial score (nSPS) is 20.9. The van der Waals surface area contributed by atoms with Gasteiger partial charge in [0.25, 0.3) is 0 Å². The van der Waals surface area contributed by atoms with Crippen LogP contribution in [-0.4, -0.2) is 64.1 Å². The van der Waals surface area contributed by atoms with Gasteiger partial charge in [0, 0.05) is 63.1 Å². The van der Waals surface area contributed by atoms with Crippen molar-refractivity contribution in [1.82, 2.24) is 25.2 Å². The van der Waals surface area contributed by atoms with Crippen molar-refractivity contribution in [2.75, 3.05) is 43.0 Å². The molecular weight excluding hydrogens is 430 g/mol. The lowest BCUT2D eigenvalue weighted by Crippen LogP contribution is -2.57. The molecule has 0 aliphatic carbocycles. The average Bonchev–Trinajstić information content (AvgIpc) is 3.57. The molecule has 1 aromatic carbocycles. The number of nitrogens with one attached hydrogen (secondary N) is 2. The molecule has 6 rings (SSSR count). The fraction of sp³-hybridized carbons (Fsp3) is 0.400. The SMILES string of the molecule is c1ccc2c(N3CCN4CC(COc5ccc(CNc6cc[nH]n6)cn5)CCC4C3)noc2c1. The summed E-state index contributed by atoms with van der Waals surface area (Å²) in [5.74, 6) is 3.02. The van der Waals surface area contributed by atoms with Gasteiger partial charge in [-0.15, -0.1) is 0 Å². The van der Waals surface area contributed by atoms with Crippen molar-refractivity contribution < 1.29 is 9.26 Å². The maximum atomic E-state index is 6.05. The molecule has 0 amide bonds. The fourth-order valence-corrected chi connectivity index (χ4v) is 5.04. The zero-order valence-electron chi connectivity index (χ0n) is 19.1. The van der Waals surface area contributed by atoms with E-state index >= 15 is 0 Å². The van der Waals surface area contributed by atoms with Crippen LogP contribution in [0, 0.1) is 5.92 Å². The van der Waals surface area contributed by atoms with Crippen LogP contribution in [0.5, 0.6) is 5.88 Å². The molecule has 34 heavy (non-hydrogen) atoms. The number of para-hydroxylation sites is 1. The summed E-state index contributed by atoms with van der Waals surface area (Å²) in [6, 6.07) is 14.6. The van der Waals surface area contributed by atoms with E-state index in [0.29, 0.717) is 31.0 Å². The molecular formula is C25H29N7O2. The van der Waals surface area contributed by atoms with Gasteiger partial charge in [-0.25, -0.2) is 4.98 Å². The van der Waals surface area contributed by atoms with Gasteiger partial charge in [-0.05, 0) is 36.6 Å². The molecule has 2 saturated heterocycles. The van der Waals surface area contributed by atoms with Gasteiger partial charge in [-0.1, -0.05) is 23.4 Å². The standard InChI is InChI=1S/C25H29N7O2/c1-2-4-22-21(3-1)25(30-34-22)32-12-11-31-15-19(5-7-20(31)16-32)17-33-24-8-6-18(14-27-24)13-26-23-9-10-28-29-23/h1-4,6,8-10,14,19-20H,5,7,11-13,15-17H2,(H2,26,28,29). The van der Waals surface area contributed by atoms with E-state index in [2.05, 4.69) is 41.5 Å². The highest BCUT2D eigenvalue weighted by Crippen LogP contribution is 2.31. The van der Waals surface area contributed by atoms with Crippen LogP contribution in [0.15, 0.2) is 59.4 Å². The van der Waals surface area contributed by atoms with E-state index in [-0.39, 0.29) is 0 Å². The van der Waals surface area contributed by atoms with Crippen molar-refractivity contribution in [1.29, 1.82) is 0 Å². The van der Waals surface area contributed by atoms with Crippen molar-refractivity contribution in [3.05, 3.63) is 60.4 Å². The van der Waals surface area contributed by atoms with Gasteiger partial charge in [0.2, 0.25) is 5.88 Å². The summed E-state index contributed by atoms with van der Waals surface area (Å²) >= 11 is 0. The van der Waals surface area contributed by atoms with Crippen LogP contribution in [0.25, 0.3) is 11.0 Å². The monoisotopic (exact) mass is 459 g/mol. The summed E-state index contributed by atoms with van der Waals surface area (Å²) < 4.78 is 11.6. The number of ether oxygens (including phenoxy) is 1. The largest absolute Gasteiger partial charge is 0.477 e. The lowest BCUT2D eigenvalue weighted by molar-refractivity contribution is 0.0717. The van der Waals surface area contributed by atoms with Gasteiger partial charge < -0.3 is 19.5 Å². The van der Waals surface area contributed by atoms with Crippen LogP contribution in [0.4, 0.5) is 11.6 Å². The number of piperidine rings is 1. The second-order valence-corrected chi connectivity index (χ2v) is 9.17. The zero-order chi connectivity index (χ0) is 22.7. The Labute approximate surface area is 198 Å². The first-order valence-electron chi connectivity index (χ1n) is 12.0. The maximum absolute atomic E-state index is 6.05. The molecule has 2 aliphatic heterocycles. The molecule has 2 aliphatic rings. The zero-order valence-corrected chi connectivity index (χ0v) is 19.1.